The van der Waals surface area contributed by atoms with Crippen LogP contribution in [0.15, 0.2) is 255 Å². The van der Waals surface area contributed by atoms with E-state index in [1.165, 1.54) is 144 Å². The lowest BCUT2D eigenvalue weighted by molar-refractivity contribution is 0.0900. The first-order chi connectivity index (χ1) is 41.2. The molecule has 4 fully saturated rings. The van der Waals surface area contributed by atoms with Gasteiger partial charge in [0, 0.05) is 96.8 Å². The van der Waals surface area contributed by atoms with Crippen LogP contribution < -0.4 is 57.3 Å². The molecule has 11 aromatic carbocycles. The van der Waals surface area contributed by atoms with Crippen LogP contribution in [-0.4, -0.2) is 30.1 Å². The maximum absolute atomic E-state index is 2.91. The van der Waals surface area contributed by atoms with Gasteiger partial charge in [-0.05, 0) is 180 Å². The van der Waals surface area contributed by atoms with Crippen LogP contribution in [0.5, 0.6) is 0 Å². The molecule has 0 radical (unpaired) electrons. The molecule has 20 rings (SSSR count). The minimum Gasteiger partial charge on any atom is -0.365 e. The summed E-state index contributed by atoms with van der Waals surface area (Å²) in [5, 5.41) is 2.50. The van der Waals surface area contributed by atoms with Gasteiger partial charge in [-0.2, -0.15) is 0 Å². The summed E-state index contributed by atoms with van der Waals surface area (Å²) in [6.45, 7) is -0.149. The number of hydrogen-bond acceptors (Lipinski definition) is 5. The molecule has 83 heavy (non-hydrogen) atoms. The van der Waals surface area contributed by atoms with Gasteiger partial charge in [0.2, 0.25) is 0 Å². The highest BCUT2D eigenvalue weighted by Crippen LogP contribution is 2.54. The summed E-state index contributed by atoms with van der Waals surface area (Å²) in [5.41, 5.74) is 27.2. The number of aromatic nitrogens is 1. The predicted octanol–water partition coefficient (Wildman–Crippen LogP) is 14.7. The fraction of sp³-hybridized carbons (Fsp3) is 0.120. The molecule has 2 aliphatic carbocycles. The van der Waals surface area contributed by atoms with Crippen molar-refractivity contribution in [1.29, 1.82) is 0 Å². The maximum Gasteiger partial charge on any atom is 0.252 e. The van der Waals surface area contributed by atoms with Gasteiger partial charge in [-0.25, -0.2) is 0 Å². The third kappa shape index (κ3) is 6.52. The van der Waals surface area contributed by atoms with E-state index < -0.39 is 0 Å². The fourth-order valence-corrected chi connectivity index (χ4v) is 17.2. The van der Waals surface area contributed by atoms with Crippen LogP contribution >= 0.6 is 0 Å². The second-order valence-electron chi connectivity index (χ2n) is 24.4. The van der Waals surface area contributed by atoms with Gasteiger partial charge in [-0.1, -0.05) is 152 Å². The molecule has 6 nitrogen and oxygen atoms in total. The van der Waals surface area contributed by atoms with Crippen LogP contribution in [0, 0.1) is 11.8 Å². The Morgan fingerprint density at radius 2 is 0.614 bits per heavy atom. The quantitative estimate of drug-likeness (QED) is 0.154. The molecule has 0 N–H and O–H groups in total. The Hall–Kier alpha value is -9.65. The van der Waals surface area contributed by atoms with E-state index in [0.717, 1.165) is 34.6 Å². The zero-order valence-electron chi connectivity index (χ0n) is 45.9. The SMILES string of the molecule is c1ccc(N2c3ccccc3B3c4cc5c(cc4N(c4ccccc4)c4cc(N6C7CC8CC(C7)CC6C8)cc2c43)N(c2ccccc2)c2cc(-n3c4ccccc4c4ccccc43)cc3c2B5c2ccccc2N3c2ccccc2)cc1. The van der Waals surface area contributed by atoms with Crippen molar-refractivity contribution in [1.82, 2.24) is 4.57 Å². The number of anilines is 13. The molecular formula is C75H56B2N6. The normalized spacial score (nSPS) is 19.2. The molecule has 0 atom stereocenters. The van der Waals surface area contributed by atoms with E-state index in [1.54, 1.807) is 0 Å². The Balaban J connectivity index is 0.928. The summed E-state index contributed by atoms with van der Waals surface area (Å²) in [7, 11) is 0. The lowest BCUT2D eigenvalue weighted by Crippen LogP contribution is -2.65. The van der Waals surface area contributed by atoms with Crippen molar-refractivity contribution in [3.8, 4) is 5.69 Å². The molecule has 0 unspecified atom stereocenters. The van der Waals surface area contributed by atoms with E-state index in [4.69, 9.17) is 0 Å². The number of hydrogen-bond donors (Lipinski definition) is 0. The molecule has 8 heteroatoms. The lowest BCUT2D eigenvalue weighted by atomic mass is 9.30. The van der Waals surface area contributed by atoms with E-state index in [2.05, 4.69) is 284 Å². The summed E-state index contributed by atoms with van der Waals surface area (Å²) >= 11 is 0. The molecule has 4 bridgehead atoms. The Kier molecular flexibility index (Phi) is 9.66. The zero-order valence-corrected chi connectivity index (χ0v) is 45.9. The second-order valence-corrected chi connectivity index (χ2v) is 24.4. The Morgan fingerprint density at radius 3 is 1.04 bits per heavy atom. The van der Waals surface area contributed by atoms with Crippen LogP contribution in [0.25, 0.3) is 27.5 Å². The van der Waals surface area contributed by atoms with Crippen LogP contribution in [0.4, 0.5) is 73.9 Å². The van der Waals surface area contributed by atoms with Crippen molar-refractivity contribution in [3.05, 3.63) is 255 Å². The van der Waals surface area contributed by atoms with Crippen molar-refractivity contribution in [2.75, 3.05) is 24.5 Å². The Bertz CT molecular complexity index is 4560. The van der Waals surface area contributed by atoms with Crippen LogP contribution in [0.3, 0.4) is 0 Å². The van der Waals surface area contributed by atoms with Gasteiger partial charge in [-0.15, -0.1) is 0 Å². The highest BCUT2D eigenvalue weighted by atomic mass is 15.2. The fourth-order valence-electron chi connectivity index (χ4n) is 17.2. The molecular weight excluding hydrogens is 1010 g/mol. The first-order valence-electron chi connectivity index (χ1n) is 30.1. The number of piperidine rings is 2. The second kappa shape index (κ2) is 17.4. The average molecular weight is 1060 g/mol. The van der Waals surface area contributed by atoms with E-state index >= 15 is 0 Å². The minimum atomic E-state index is -0.0959. The van der Waals surface area contributed by atoms with Gasteiger partial charge in [-0.3, -0.25) is 0 Å². The first-order valence-corrected chi connectivity index (χ1v) is 30.1. The van der Waals surface area contributed by atoms with Gasteiger partial charge in [0.15, 0.2) is 0 Å². The van der Waals surface area contributed by atoms with Crippen molar-refractivity contribution in [2.45, 2.75) is 44.2 Å². The molecule has 1 aromatic heterocycles. The van der Waals surface area contributed by atoms with Gasteiger partial charge in [0.05, 0.1) is 16.7 Å². The molecule has 8 aliphatic rings. The topological polar surface area (TPSA) is 21.1 Å². The molecule has 6 aliphatic heterocycles. The molecule has 392 valence electrons. The predicted molar refractivity (Wildman–Crippen MR) is 349 cm³/mol. The number of fused-ring (bicyclic) bond motifs is 11. The van der Waals surface area contributed by atoms with E-state index in [9.17, 15) is 0 Å². The average Bonchev–Trinajstić information content (AvgIpc) is 3.45. The number of benzene rings is 11. The zero-order chi connectivity index (χ0) is 54.0. The van der Waals surface area contributed by atoms with Gasteiger partial charge < -0.3 is 29.1 Å². The van der Waals surface area contributed by atoms with Crippen molar-refractivity contribution in [3.63, 3.8) is 0 Å². The molecule has 2 saturated heterocycles. The van der Waals surface area contributed by atoms with E-state index in [0.29, 0.717) is 12.1 Å². The van der Waals surface area contributed by atoms with E-state index in [-0.39, 0.29) is 13.4 Å². The highest BCUT2D eigenvalue weighted by molar-refractivity contribution is 7.03. The summed E-state index contributed by atoms with van der Waals surface area (Å²) in [4.78, 5) is 13.3. The highest BCUT2D eigenvalue weighted by Gasteiger charge is 2.51. The summed E-state index contributed by atoms with van der Waals surface area (Å²) < 4.78 is 2.51. The molecule has 2 saturated carbocycles. The standard InChI is InChI=1S/C75H56B2N6/c1-5-21-50(22-6-1)79-66-35-19-15-31-60(66)76-62-46-63-69(47-68(62)81(52-25-9-3-10-26-52)72-43-56(42-70(79)74(72)76)78-54-38-48-37-49(40-54)41-55(78)39-48)82(53-27-11-4-12-28-53)73-45-57(83-64-33-17-13-29-58(64)59-30-14-18-34-65(59)83)44-71-75(73)77(63)61-32-16-20-36-67(61)80(71)51-23-7-2-8-24-51/h1-36,42-49,54-55H,37-41H2. The molecule has 12 aromatic rings. The first kappa shape index (κ1) is 46.0. The molecule has 0 spiro atoms. The molecule has 0 amide bonds. The third-order valence-corrected chi connectivity index (χ3v) is 20.1. The number of para-hydroxylation sites is 8. The smallest absolute Gasteiger partial charge is 0.252 e. The summed E-state index contributed by atoms with van der Waals surface area (Å²) in [6, 6.07) is 97.8. The van der Waals surface area contributed by atoms with Gasteiger partial charge >= 0.3 is 0 Å². The number of nitrogens with zero attached hydrogens (tertiary/aromatic N) is 6. The van der Waals surface area contributed by atoms with Crippen molar-refractivity contribution >= 4 is 142 Å². The lowest BCUT2D eigenvalue weighted by Gasteiger charge is -2.58. The summed E-state index contributed by atoms with van der Waals surface area (Å²) in [6.07, 6.45) is 6.62. The van der Waals surface area contributed by atoms with Crippen LogP contribution in [0.1, 0.15) is 32.1 Å². The Morgan fingerprint density at radius 1 is 0.265 bits per heavy atom. The monoisotopic (exact) mass is 1060 g/mol. The maximum atomic E-state index is 2.91. The largest absolute Gasteiger partial charge is 0.365 e. The van der Waals surface area contributed by atoms with E-state index in [1.807, 2.05) is 0 Å². The van der Waals surface area contributed by atoms with Gasteiger partial charge in [0.25, 0.3) is 13.4 Å². The minimum absolute atomic E-state index is 0.0534. The van der Waals surface area contributed by atoms with Crippen molar-refractivity contribution < 1.29 is 0 Å². The summed E-state index contributed by atoms with van der Waals surface area (Å²) in [5.74, 6) is 1.70. The number of rotatable bonds is 6. The van der Waals surface area contributed by atoms with Gasteiger partial charge in [0.1, 0.15) is 0 Å². The van der Waals surface area contributed by atoms with Crippen LogP contribution in [0.2, 0.25) is 0 Å². The Labute approximate surface area is 484 Å². The van der Waals surface area contributed by atoms with Crippen molar-refractivity contribution in [2.24, 2.45) is 11.8 Å². The third-order valence-electron chi connectivity index (χ3n) is 20.1. The van der Waals surface area contributed by atoms with Crippen LogP contribution in [-0.2, 0) is 0 Å². The molecule has 7 heterocycles.